The van der Waals surface area contributed by atoms with E-state index in [1.54, 1.807) is 0 Å². The lowest BCUT2D eigenvalue weighted by molar-refractivity contribution is -0.222. The lowest BCUT2D eigenvalue weighted by atomic mass is 9.97. The van der Waals surface area contributed by atoms with E-state index >= 15 is 0 Å². The third kappa shape index (κ3) is 5.66. The molecule has 38 heavy (non-hydrogen) atoms. The van der Waals surface area contributed by atoms with E-state index in [4.69, 9.17) is 35.4 Å². The van der Waals surface area contributed by atoms with E-state index < -0.39 is 12.4 Å². The van der Waals surface area contributed by atoms with Crippen molar-refractivity contribution >= 4 is 28.3 Å². The highest BCUT2D eigenvalue weighted by molar-refractivity contribution is 6.31. The Labute approximate surface area is 226 Å². The van der Waals surface area contributed by atoms with Crippen molar-refractivity contribution in [2.45, 2.75) is 31.3 Å². The number of piperazine rings is 1. The van der Waals surface area contributed by atoms with Gasteiger partial charge in [0.1, 0.15) is 6.33 Å². The number of nitrogens with zero attached hydrogens (tertiary/aromatic N) is 4. The molecule has 0 bridgehead atoms. The van der Waals surface area contributed by atoms with E-state index in [1.165, 1.54) is 6.33 Å². The van der Waals surface area contributed by atoms with Crippen LogP contribution in [0.25, 0.3) is 10.9 Å². The highest BCUT2D eigenvalue weighted by Gasteiger charge is 2.37. The molecular formula is C27H32ClN5O5. The third-order valence-electron chi connectivity index (χ3n) is 7.27. The number of aromatic nitrogens is 2. The Kier molecular flexibility index (Phi) is 7.77. The molecule has 202 valence electrons. The molecule has 3 unspecified atom stereocenters. The number of nitrogens with one attached hydrogen (secondary N) is 1. The van der Waals surface area contributed by atoms with Crippen LogP contribution in [0.2, 0.25) is 5.02 Å². The SMILES string of the molecule is CN1CCN(CCOC2CC(ONc3ncnc4ccccc34)CC(c3c(Cl)ccc4c3OCO4)O2)CC1. The molecule has 3 aromatic rings. The molecule has 2 saturated heterocycles. The average molecular weight is 542 g/mol. The minimum absolute atomic E-state index is 0.155. The van der Waals surface area contributed by atoms with E-state index in [1.807, 2.05) is 36.4 Å². The number of fused-ring (bicyclic) bond motifs is 2. The molecule has 0 aliphatic carbocycles. The summed E-state index contributed by atoms with van der Waals surface area (Å²) >= 11 is 6.65. The molecule has 0 saturated carbocycles. The largest absolute Gasteiger partial charge is 0.454 e. The molecule has 0 amide bonds. The fraction of sp³-hybridized carbons (Fsp3) is 0.481. The first-order valence-corrected chi connectivity index (χ1v) is 13.4. The molecule has 3 atom stereocenters. The standard InChI is InChI=1S/C27H32ClN5O5/c1-32-8-10-33(11-9-32)12-13-34-24-15-18(38-31-27-19-4-2-3-5-21(19)29-16-30-27)14-23(37-24)25-20(28)6-7-22-26(25)36-17-35-22/h2-7,16,18,23-24H,8-15,17H2,1H3,(H,29,30,31). The van der Waals surface area contributed by atoms with Crippen LogP contribution in [0, 0.1) is 0 Å². The maximum atomic E-state index is 6.65. The van der Waals surface area contributed by atoms with Gasteiger partial charge in [-0.15, -0.1) is 0 Å². The average Bonchev–Trinajstić information content (AvgIpc) is 3.41. The van der Waals surface area contributed by atoms with E-state index in [9.17, 15) is 0 Å². The summed E-state index contributed by atoms with van der Waals surface area (Å²) < 4.78 is 24.0. The first-order chi connectivity index (χ1) is 18.6. The number of para-hydroxylation sites is 1. The van der Waals surface area contributed by atoms with Gasteiger partial charge in [0.15, 0.2) is 23.6 Å². The maximum Gasteiger partial charge on any atom is 0.231 e. The van der Waals surface area contributed by atoms with Gasteiger partial charge >= 0.3 is 0 Å². The van der Waals surface area contributed by atoms with E-state index in [-0.39, 0.29) is 12.9 Å². The maximum absolute atomic E-state index is 6.65. The second kappa shape index (κ2) is 11.6. The van der Waals surface area contributed by atoms with Crippen molar-refractivity contribution in [3.05, 3.63) is 53.3 Å². The van der Waals surface area contributed by atoms with Crippen molar-refractivity contribution in [2.24, 2.45) is 0 Å². The van der Waals surface area contributed by atoms with Gasteiger partial charge in [-0.2, -0.15) is 0 Å². The van der Waals surface area contributed by atoms with Crippen LogP contribution in [0.3, 0.4) is 0 Å². The molecule has 3 aliphatic rings. The lowest BCUT2D eigenvalue weighted by Crippen LogP contribution is -2.46. The highest BCUT2D eigenvalue weighted by atomic mass is 35.5. The quantitative estimate of drug-likeness (QED) is 0.424. The van der Waals surface area contributed by atoms with Gasteiger partial charge in [0.25, 0.3) is 0 Å². The summed E-state index contributed by atoms with van der Waals surface area (Å²) in [6, 6.07) is 11.4. The number of ether oxygens (including phenoxy) is 4. The van der Waals surface area contributed by atoms with Crippen LogP contribution in [0.5, 0.6) is 11.5 Å². The summed E-state index contributed by atoms with van der Waals surface area (Å²) in [5.41, 5.74) is 4.66. The van der Waals surface area contributed by atoms with Crippen LogP contribution in [-0.4, -0.2) is 85.3 Å². The summed E-state index contributed by atoms with van der Waals surface area (Å²) in [6.07, 6.45) is 1.54. The summed E-state index contributed by atoms with van der Waals surface area (Å²) in [5.74, 6) is 1.89. The fourth-order valence-corrected chi connectivity index (χ4v) is 5.38. The fourth-order valence-electron chi connectivity index (χ4n) is 5.11. The molecule has 0 radical (unpaired) electrons. The Morgan fingerprint density at radius 3 is 2.82 bits per heavy atom. The summed E-state index contributed by atoms with van der Waals surface area (Å²) in [6.45, 7) is 5.80. The first-order valence-electron chi connectivity index (χ1n) is 13.0. The number of likely N-dealkylation sites (N-methyl/N-ethyl adjacent to an activating group) is 1. The predicted octanol–water partition coefficient (Wildman–Crippen LogP) is 3.87. The zero-order chi connectivity index (χ0) is 25.9. The summed E-state index contributed by atoms with van der Waals surface area (Å²) in [5, 5.41) is 1.44. The Bertz CT molecular complexity index is 1250. The van der Waals surface area contributed by atoms with Crippen LogP contribution in [0.4, 0.5) is 5.82 Å². The van der Waals surface area contributed by atoms with Gasteiger partial charge in [0.2, 0.25) is 6.79 Å². The summed E-state index contributed by atoms with van der Waals surface area (Å²) in [4.78, 5) is 19.7. The number of hydrogen-bond acceptors (Lipinski definition) is 10. The number of benzene rings is 2. The first kappa shape index (κ1) is 25.5. The van der Waals surface area contributed by atoms with Crippen molar-refractivity contribution in [1.29, 1.82) is 0 Å². The number of halogens is 1. The highest BCUT2D eigenvalue weighted by Crippen LogP contribution is 2.47. The number of anilines is 1. The molecule has 1 N–H and O–H groups in total. The Balaban J connectivity index is 1.17. The van der Waals surface area contributed by atoms with Gasteiger partial charge in [-0.1, -0.05) is 23.7 Å². The predicted molar refractivity (Wildman–Crippen MR) is 142 cm³/mol. The second-order valence-corrected chi connectivity index (χ2v) is 10.2. The molecule has 3 aliphatic heterocycles. The molecule has 10 nitrogen and oxygen atoms in total. The van der Waals surface area contributed by atoms with Gasteiger partial charge in [0, 0.05) is 56.5 Å². The normalized spacial score (nSPS) is 24.1. The second-order valence-electron chi connectivity index (χ2n) is 9.82. The van der Waals surface area contributed by atoms with Crippen LogP contribution >= 0.6 is 11.6 Å². The number of hydrogen-bond donors (Lipinski definition) is 1. The molecule has 4 heterocycles. The van der Waals surface area contributed by atoms with Gasteiger partial charge in [-0.05, 0) is 31.3 Å². The molecule has 2 aromatic carbocycles. The van der Waals surface area contributed by atoms with Crippen LogP contribution in [0.15, 0.2) is 42.7 Å². The van der Waals surface area contributed by atoms with Crippen molar-refractivity contribution in [2.75, 3.05) is 58.7 Å². The van der Waals surface area contributed by atoms with E-state index in [0.717, 1.165) is 49.2 Å². The minimum Gasteiger partial charge on any atom is -0.454 e. The third-order valence-corrected chi connectivity index (χ3v) is 7.60. The topological polar surface area (TPSA) is 90.4 Å². The van der Waals surface area contributed by atoms with Crippen LogP contribution in [-0.2, 0) is 14.3 Å². The molecule has 0 spiro atoms. The van der Waals surface area contributed by atoms with E-state index in [0.29, 0.717) is 41.8 Å². The van der Waals surface area contributed by atoms with Gasteiger partial charge < -0.3 is 23.8 Å². The molecular weight excluding hydrogens is 510 g/mol. The molecule has 11 heteroatoms. The van der Waals surface area contributed by atoms with Crippen molar-refractivity contribution in [3.8, 4) is 11.5 Å². The smallest absolute Gasteiger partial charge is 0.231 e. The minimum atomic E-state index is -0.468. The summed E-state index contributed by atoms with van der Waals surface area (Å²) in [7, 11) is 2.16. The van der Waals surface area contributed by atoms with Gasteiger partial charge in [-0.25, -0.2) is 15.4 Å². The van der Waals surface area contributed by atoms with Gasteiger partial charge in [-0.3, -0.25) is 9.74 Å². The zero-order valence-electron chi connectivity index (χ0n) is 21.3. The Hall–Kier alpha value is -2.73. The lowest BCUT2D eigenvalue weighted by Gasteiger charge is -2.36. The molecule has 2 fully saturated rings. The monoisotopic (exact) mass is 541 g/mol. The Morgan fingerprint density at radius 2 is 1.92 bits per heavy atom. The molecule has 1 aromatic heterocycles. The Morgan fingerprint density at radius 1 is 1.05 bits per heavy atom. The van der Waals surface area contributed by atoms with Crippen LogP contribution in [0.1, 0.15) is 24.5 Å². The van der Waals surface area contributed by atoms with Crippen molar-refractivity contribution < 1.29 is 23.8 Å². The van der Waals surface area contributed by atoms with Crippen molar-refractivity contribution in [1.82, 2.24) is 19.8 Å². The van der Waals surface area contributed by atoms with Crippen LogP contribution < -0.4 is 15.0 Å². The number of rotatable bonds is 8. The zero-order valence-corrected chi connectivity index (χ0v) is 22.1. The molecule has 6 rings (SSSR count). The van der Waals surface area contributed by atoms with Gasteiger partial charge in [0.05, 0.1) is 29.4 Å². The van der Waals surface area contributed by atoms with Crippen molar-refractivity contribution in [3.63, 3.8) is 0 Å². The van der Waals surface area contributed by atoms with E-state index in [2.05, 4.69) is 32.3 Å².